The first-order valence-electron chi connectivity index (χ1n) is 7.93. The summed E-state index contributed by atoms with van der Waals surface area (Å²) < 4.78 is 5.57. The molecule has 1 N–H and O–H groups in total. The summed E-state index contributed by atoms with van der Waals surface area (Å²) in [6.45, 7) is 5.65. The van der Waals surface area contributed by atoms with Crippen LogP contribution in [0, 0.1) is 0 Å². The van der Waals surface area contributed by atoms with Gasteiger partial charge in [-0.15, -0.1) is 12.4 Å². The van der Waals surface area contributed by atoms with Gasteiger partial charge in [-0.1, -0.05) is 37.3 Å². The Labute approximate surface area is 139 Å². The van der Waals surface area contributed by atoms with Gasteiger partial charge < -0.3 is 15.0 Å². The van der Waals surface area contributed by atoms with Crippen LogP contribution in [0.5, 0.6) is 0 Å². The van der Waals surface area contributed by atoms with Gasteiger partial charge in [0.15, 0.2) is 0 Å². The Bertz CT molecular complexity index is 422. The summed E-state index contributed by atoms with van der Waals surface area (Å²) in [4.78, 5) is 14.3. The predicted molar refractivity (Wildman–Crippen MR) is 91.5 cm³/mol. The van der Waals surface area contributed by atoms with Crippen molar-refractivity contribution in [3.63, 3.8) is 0 Å². The molecule has 1 aliphatic rings. The van der Waals surface area contributed by atoms with Crippen molar-refractivity contribution in [3.8, 4) is 0 Å². The second-order valence-electron chi connectivity index (χ2n) is 5.52. The van der Waals surface area contributed by atoms with E-state index in [0.717, 1.165) is 38.9 Å². The molecule has 2 rings (SSSR count). The average molecular weight is 327 g/mol. The number of nitrogens with zero attached hydrogens (tertiary/aromatic N) is 1. The van der Waals surface area contributed by atoms with Gasteiger partial charge in [-0.05, 0) is 31.4 Å². The second kappa shape index (κ2) is 10.6. The van der Waals surface area contributed by atoms with E-state index in [-0.39, 0.29) is 24.9 Å². The molecule has 5 heteroatoms. The van der Waals surface area contributed by atoms with E-state index in [0.29, 0.717) is 12.6 Å². The molecule has 0 radical (unpaired) electrons. The highest BCUT2D eigenvalue weighted by Crippen LogP contribution is 2.10. The van der Waals surface area contributed by atoms with Crippen molar-refractivity contribution in [2.45, 2.75) is 32.2 Å². The van der Waals surface area contributed by atoms with E-state index in [1.54, 1.807) is 0 Å². The number of rotatable bonds is 8. The average Bonchev–Trinajstić information content (AvgIpc) is 3.04. The Balaban J connectivity index is 0.00000242. The summed E-state index contributed by atoms with van der Waals surface area (Å²) in [5, 5.41) is 3.32. The molecule has 1 heterocycles. The Kier molecular flexibility index (Phi) is 9.13. The molecule has 1 aromatic carbocycles. The quantitative estimate of drug-likeness (QED) is 0.745. The standard InChI is InChI=1S/C17H26N2O2.ClH/c1-2-11-19(16-8-10-18-13-16)17(20)14-21-12-9-15-6-4-3-5-7-15;/h3-7,16,18H,2,8-14H2,1H3;1H. The first-order chi connectivity index (χ1) is 10.3. The topological polar surface area (TPSA) is 41.6 Å². The molecule has 1 aliphatic heterocycles. The monoisotopic (exact) mass is 326 g/mol. The summed E-state index contributed by atoms with van der Waals surface area (Å²) in [6.07, 6.45) is 2.90. The summed E-state index contributed by atoms with van der Waals surface area (Å²) in [5.74, 6) is 0.124. The Morgan fingerprint density at radius 2 is 2.14 bits per heavy atom. The van der Waals surface area contributed by atoms with Crippen LogP contribution in [-0.4, -0.2) is 49.7 Å². The number of benzene rings is 1. The highest BCUT2D eigenvalue weighted by atomic mass is 35.5. The van der Waals surface area contributed by atoms with Gasteiger partial charge in [0, 0.05) is 19.1 Å². The summed E-state index contributed by atoms with van der Waals surface area (Å²) in [6, 6.07) is 10.6. The van der Waals surface area contributed by atoms with E-state index in [2.05, 4.69) is 24.4 Å². The van der Waals surface area contributed by atoms with Gasteiger partial charge in [0.1, 0.15) is 6.61 Å². The van der Waals surface area contributed by atoms with Gasteiger partial charge in [0.25, 0.3) is 0 Å². The lowest BCUT2D eigenvalue weighted by Gasteiger charge is -2.28. The first-order valence-corrected chi connectivity index (χ1v) is 7.93. The van der Waals surface area contributed by atoms with E-state index >= 15 is 0 Å². The molecule has 0 saturated carbocycles. The van der Waals surface area contributed by atoms with Crippen molar-refractivity contribution in [1.82, 2.24) is 10.2 Å². The zero-order valence-electron chi connectivity index (χ0n) is 13.3. The third-order valence-electron chi connectivity index (χ3n) is 3.86. The maximum Gasteiger partial charge on any atom is 0.248 e. The molecule has 22 heavy (non-hydrogen) atoms. The van der Waals surface area contributed by atoms with Gasteiger partial charge in [-0.2, -0.15) is 0 Å². The molecule has 1 unspecified atom stereocenters. The largest absolute Gasteiger partial charge is 0.371 e. The number of ether oxygens (including phenoxy) is 1. The van der Waals surface area contributed by atoms with Crippen LogP contribution in [0.2, 0.25) is 0 Å². The molecule has 1 amide bonds. The first kappa shape index (κ1) is 18.9. The fourth-order valence-electron chi connectivity index (χ4n) is 2.73. The van der Waals surface area contributed by atoms with Crippen LogP contribution in [0.15, 0.2) is 30.3 Å². The highest BCUT2D eigenvalue weighted by molar-refractivity contribution is 5.85. The van der Waals surface area contributed by atoms with Crippen LogP contribution in [0.25, 0.3) is 0 Å². The highest BCUT2D eigenvalue weighted by Gasteiger charge is 2.25. The van der Waals surface area contributed by atoms with Gasteiger partial charge in [-0.25, -0.2) is 0 Å². The molecule has 1 aromatic rings. The van der Waals surface area contributed by atoms with Gasteiger partial charge in [0.05, 0.1) is 6.61 Å². The zero-order valence-corrected chi connectivity index (χ0v) is 14.1. The van der Waals surface area contributed by atoms with Crippen LogP contribution in [0.1, 0.15) is 25.3 Å². The SMILES string of the molecule is CCCN(C(=O)COCCc1ccccc1)C1CCNC1.Cl. The van der Waals surface area contributed by atoms with E-state index in [9.17, 15) is 4.79 Å². The molecule has 1 atom stereocenters. The smallest absolute Gasteiger partial charge is 0.248 e. The minimum Gasteiger partial charge on any atom is -0.371 e. The number of carbonyl (C=O) groups excluding carboxylic acids is 1. The maximum absolute atomic E-state index is 12.3. The van der Waals surface area contributed by atoms with Crippen molar-refractivity contribution in [1.29, 1.82) is 0 Å². The van der Waals surface area contributed by atoms with E-state index in [1.165, 1.54) is 5.56 Å². The molecular weight excluding hydrogens is 300 g/mol. The second-order valence-corrected chi connectivity index (χ2v) is 5.52. The predicted octanol–water partition coefficient (Wildman–Crippen LogP) is 2.27. The molecule has 0 bridgehead atoms. The van der Waals surface area contributed by atoms with Gasteiger partial charge >= 0.3 is 0 Å². The molecule has 4 nitrogen and oxygen atoms in total. The molecule has 0 aromatic heterocycles. The van der Waals surface area contributed by atoms with Crippen LogP contribution in [0.3, 0.4) is 0 Å². The lowest BCUT2D eigenvalue weighted by atomic mass is 10.2. The molecule has 0 aliphatic carbocycles. The van der Waals surface area contributed by atoms with Gasteiger partial charge in [0.2, 0.25) is 5.91 Å². The number of hydrogen-bond acceptors (Lipinski definition) is 3. The van der Waals surface area contributed by atoms with Crippen molar-refractivity contribution in [2.75, 3.05) is 32.8 Å². The number of amides is 1. The molecular formula is C17H27ClN2O2. The van der Waals surface area contributed by atoms with E-state index < -0.39 is 0 Å². The Morgan fingerprint density at radius 1 is 1.36 bits per heavy atom. The zero-order chi connectivity index (χ0) is 14.9. The summed E-state index contributed by atoms with van der Waals surface area (Å²) in [5.41, 5.74) is 1.25. The van der Waals surface area contributed by atoms with Crippen LogP contribution in [-0.2, 0) is 16.0 Å². The lowest BCUT2D eigenvalue weighted by Crippen LogP contribution is -2.43. The number of hydrogen-bond donors (Lipinski definition) is 1. The molecule has 124 valence electrons. The molecule has 1 saturated heterocycles. The van der Waals surface area contributed by atoms with Crippen molar-refractivity contribution in [2.24, 2.45) is 0 Å². The summed E-state index contributed by atoms with van der Waals surface area (Å²) in [7, 11) is 0. The lowest BCUT2D eigenvalue weighted by molar-refractivity contribution is -0.138. The van der Waals surface area contributed by atoms with Crippen LogP contribution in [0.4, 0.5) is 0 Å². The summed E-state index contributed by atoms with van der Waals surface area (Å²) >= 11 is 0. The number of halogens is 1. The fourth-order valence-corrected chi connectivity index (χ4v) is 2.73. The Morgan fingerprint density at radius 3 is 2.77 bits per heavy atom. The number of carbonyl (C=O) groups is 1. The third-order valence-corrected chi connectivity index (χ3v) is 3.86. The normalized spacial score (nSPS) is 17.0. The third kappa shape index (κ3) is 5.95. The Hall–Kier alpha value is -1.10. The van der Waals surface area contributed by atoms with Crippen molar-refractivity contribution < 1.29 is 9.53 Å². The minimum atomic E-state index is 0. The minimum absolute atomic E-state index is 0. The molecule has 1 fully saturated rings. The number of nitrogens with one attached hydrogen (secondary N) is 1. The van der Waals surface area contributed by atoms with Crippen molar-refractivity contribution in [3.05, 3.63) is 35.9 Å². The van der Waals surface area contributed by atoms with E-state index in [4.69, 9.17) is 4.74 Å². The maximum atomic E-state index is 12.3. The molecule has 0 spiro atoms. The fraction of sp³-hybridized carbons (Fsp3) is 0.588. The van der Waals surface area contributed by atoms with Crippen LogP contribution < -0.4 is 5.32 Å². The van der Waals surface area contributed by atoms with Crippen molar-refractivity contribution >= 4 is 18.3 Å². The van der Waals surface area contributed by atoms with Crippen LogP contribution >= 0.6 is 12.4 Å². The van der Waals surface area contributed by atoms with Gasteiger partial charge in [-0.3, -0.25) is 4.79 Å². The van der Waals surface area contributed by atoms with E-state index in [1.807, 2.05) is 23.1 Å².